The van der Waals surface area contributed by atoms with E-state index in [2.05, 4.69) is 10.2 Å². The average molecular weight is 389 g/mol. The van der Waals surface area contributed by atoms with Crippen molar-refractivity contribution in [3.05, 3.63) is 51.7 Å². The molecule has 1 aromatic heterocycles. The number of piperazine rings is 1. The first-order chi connectivity index (χ1) is 13.0. The molecular weight excluding hydrogens is 370 g/mol. The second kappa shape index (κ2) is 6.86. The largest absolute Gasteiger partial charge is 0.352 e. The molecule has 0 spiro atoms. The highest BCUT2D eigenvalue weighted by molar-refractivity contribution is 7.89. The topological polar surface area (TPSA) is 110 Å². The lowest BCUT2D eigenvalue weighted by molar-refractivity contribution is -0.387. The summed E-state index contributed by atoms with van der Waals surface area (Å²) < 4.78 is 27.1. The maximum atomic E-state index is 12.9. The van der Waals surface area contributed by atoms with E-state index in [4.69, 9.17) is 0 Å². The smallest absolute Gasteiger partial charge is 0.289 e. The Morgan fingerprint density at radius 2 is 1.78 bits per heavy atom. The summed E-state index contributed by atoms with van der Waals surface area (Å²) in [4.78, 5) is 12.3. The van der Waals surface area contributed by atoms with E-state index in [0.29, 0.717) is 13.1 Å². The van der Waals surface area contributed by atoms with Gasteiger partial charge in [0.25, 0.3) is 5.69 Å². The molecule has 2 heterocycles. The van der Waals surface area contributed by atoms with Crippen LogP contribution in [0.3, 0.4) is 0 Å². The molecule has 0 saturated carbocycles. The molecule has 0 N–H and O–H groups in total. The highest BCUT2D eigenvalue weighted by atomic mass is 32.2. The Kier molecular flexibility index (Phi) is 4.52. The fraction of sp³-hybridized carbons (Fsp3) is 0.412. The molecule has 0 atom stereocenters. The molecule has 1 aliphatic carbocycles. The lowest BCUT2D eigenvalue weighted by atomic mass is 10.2. The first kappa shape index (κ1) is 17.8. The minimum Gasteiger partial charge on any atom is -0.352 e. The van der Waals surface area contributed by atoms with E-state index in [1.165, 1.54) is 34.1 Å². The molecule has 0 unspecified atom stereocenters. The number of nitrogens with zero attached hydrogens (tertiary/aromatic N) is 5. The first-order valence-corrected chi connectivity index (χ1v) is 10.2. The Labute approximate surface area is 156 Å². The van der Waals surface area contributed by atoms with E-state index in [-0.39, 0.29) is 18.0 Å². The molecule has 0 bridgehead atoms. The van der Waals surface area contributed by atoms with Gasteiger partial charge in [-0.25, -0.2) is 8.42 Å². The number of fused-ring (bicyclic) bond motifs is 1. The number of para-hydroxylation sites is 1. The molecule has 1 aromatic carbocycles. The third kappa shape index (κ3) is 3.26. The van der Waals surface area contributed by atoms with Crippen LogP contribution in [-0.4, -0.2) is 54.0 Å². The molecule has 2 aliphatic rings. The number of nitro benzene ring substituents is 1. The lowest BCUT2D eigenvalue weighted by Gasteiger charge is -2.34. The number of sulfonamides is 1. The normalized spacial score (nSPS) is 17.7. The Morgan fingerprint density at radius 1 is 1.04 bits per heavy atom. The highest BCUT2D eigenvalue weighted by Gasteiger charge is 2.34. The maximum Gasteiger partial charge on any atom is 0.289 e. The number of rotatable bonds is 4. The van der Waals surface area contributed by atoms with Gasteiger partial charge >= 0.3 is 0 Å². The zero-order valence-corrected chi connectivity index (χ0v) is 15.4. The van der Waals surface area contributed by atoms with Crippen LogP contribution in [0.15, 0.2) is 35.2 Å². The van der Waals surface area contributed by atoms with Gasteiger partial charge in [-0.15, -0.1) is 5.10 Å². The summed E-state index contributed by atoms with van der Waals surface area (Å²) in [6.45, 7) is 1.42. The van der Waals surface area contributed by atoms with Crippen LogP contribution in [0.4, 0.5) is 11.5 Å². The van der Waals surface area contributed by atoms with Crippen LogP contribution < -0.4 is 4.90 Å². The van der Waals surface area contributed by atoms with Crippen molar-refractivity contribution < 1.29 is 13.3 Å². The summed E-state index contributed by atoms with van der Waals surface area (Å²) in [7, 11) is -3.92. The Balaban J connectivity index is 1.51. The van der Waals surface area contributed by atoms with E-state index in [1.807, 2.05) is 11.0 Å². The zero-order chi connectivity index (χ0) is 19.0. The van der Waals surface area contributed by atoms with Crippen molar-refractivity contribution in [3.8, 4) is 0 Å². The summed E-state index contributed by atoms with van der Waals surface area (Å²) >= 11 is 0. The Hall–Kier alpha value is -2.59. The van der Waals surface area contributed by atoms with Gasteiger partial charge in [-0.3, -0.25) is 10.1 Å². The van der Waals surface area contributed by atoms with Crippen LogP contribution in [0.2, 0.25) is 0 Å². The molecule has 27 heavy (non-hydrogen) atoms. The molecule has 1 aliphatic heterocycles. The minimum atomic E-state index is -3.92. The van der Waals surface area contributed by atoms with Gasteiger partial charge in [-0.2, -0.15) is 9.40 Å². The van der Waals surface area contributed by atoms with E-state index < -0.39 is 20.6 Å². The summed E-state index contributed by atoms with van der Waals surface area (Å²) in [5, 5.41) is 19.7. The predicted molar refractivity (Wildman–Crippen MR) is 98.1 cm³/mol. The second-order valence-corrected chi connectivity index (χ2v) is 8.55. The van der Waals surface area contributed by atoms with Crippen molar-refractivity contribution >= 4 is 21.5 Å². The van der Waals surface area contributed by atoms with E-state index in [9.17, 15) is 18.5 Å². The molecule has 1 fully saturated rings. The van der Waals surface area contributed by atoms with E-state index >= 15 is 0 Å². The number of anilines is 1. The predicted octanol–water partition coefficient (Wildman–Crippen LogP) is 1.38. The third-order valence-electron chi connectivity index (χ3n) is 5.05. The maximum absolute atomic E-state index is 12.9. The van der Waals surface area contributed by atoms with Crippen LogP contribution in [0, 0.1) is 10.1 Å². The van der Waals surface area contributed by atoms with Gasteiger partial charge < -0.3 is 4.90 Å². The molecule has 1 saturated heterocycles. The van der Waals surface area contributed by atoms with E-state index in [1.54, 1.807) is 0 Å². The molecule has 142 valence electrons. The quantitative estimate of drug-likeness (QED) is 0.574. The summed E-state index contributed by atoms with van der Waals surface area (Å²) in [6.07, 6.45) is 3.06. The number of hydrogen-bond acceptors (Lipinski definition) is 7. The van der Waals surface area contributed by atoms with Gasteiger partial charge in [0, 0.05) is 32.2 Å². The summed E-state index contributed by atoms with van der Waals surface area (Å²) in [5.41, 5.74) is 1.87. The SMILES string of the molecule is O=[N+]([O-])c1ccccc1S(=O)(=O)N1CCN(c2cc3c(nn2)CCC3)CC1. The Morgan fingerprint density at radius 3 is 2.52 bits per heavy atom. The standard InChI is InChI=1S/C17H19N5O4S/c23-22(24)15-6-1-2-7-16(15)27(25,26)21-10-8-20(9-11-21)17-12-13-4-3-5-14(13)18-19-17/h1-2,6-7,12H,3-5,8-11H2. The van der Waals surface area contributed by atoms with Gasteiger partial charge in [-0.1, -0.05) is 12.1 Å². The van der Waals surface area contributed by atoms with Crippen molar-refractivity contribution in [2.24, 2.45) is 0 Å². The van der Waals surface area contributed by atoms with E-state index in [0.717, 1.165) is 30.8 Å². The van der Waals surface area contributed by atoms with Gasteiger partial charge in [0.2, 0.25) is 10.0 Å². The molecular formula is C17H19N5O4S. The van der Waals surface area contributed by atoms with Crippen LogP contribution in [-0.2, 0) is 22.9 Å². The number of hydrogen-bond donors (Lipinski definition) is 0. The molecule has 9 nitrogen and oxygen atoms in total. The van der Waals surface area contributed by atoms with Crippen molar-refractivity contribution in [1.29, 1.82) is 0 Å². The molecule has 10 heteroatoms. The van der Waals surface area contributed by atoms with Crippen LogP contribution in [0.1, 0.15) is 17.7 Å². The Bertz CT molecular complexity index is 987. The fourth-order valence-electron chi connectivity index (χ4n) is 3.59. The number of benzene rings is 1. The minimum absolute atomic E-state index is 0.243. The van der Waals surface area contributed by atoms with Crippen molar-refractivity contribution in [1.82, 2.24) is 14.5 Å². The van der Waals surface area contributed by atoms with Crippen LogP contribution in [0.25, 0.3) is 0 Å². The van der Waals surface area contributed by atoms with Gasteiger partial charge in [0.05, 0.1) is 10.6 Å². The molecule has 2 aromatic rings. The van der Waals surface area contributed by atoms with Crippen LogP contribution in [0.5, 0.6) is 0 Å². The van der Waals surface area contributed by atoms with Crippen molar-refractivity contribution in [3.63, 3.8) is 0 Å². The molecule has 4 rings (SSSR count). The zero-order valence-electron chi connectivity index (χ0n) is 14.6. The third-order valence-corrected chi connectivity index (χ3v) is 7.00. The van der Waals surface area contributed by atoms with Gasteiger partial charge in [0.1, 0.15) is 0 Å². The summed E-state index contributed by atoms with van der Waals surface area (Å²) in [5.74, 6) is 0.762. The number of aromatic nitrogens is 2. The second-order valence-electron chi connectivity index (χ2n) is 6.64. The highest BCUT2D eigenvalue weighted by Crippen LogP contribution is 2.28. The molecule has 0 amide bonds. The van der Waals surface area contributed by atoms with Crippen molar-refractivity contribution in [2.75, 3.05) is 31.1 Å². The monoisotopic (exact) mass is 389 g/mol. The van der Waals surface area contributed by atoms with Gasteiger partial charge in [0.15, 0.2) is 10.7 Å². The van der Waals surface area contributed by atoms with Crippen LogP contribution >= 0.6 is 0 Å². The lowest BCUT2D eigenvalue weighted by Crippen LogP contribution is -2.49. The number of aryl methyl sites for hydroxylation is 2. The van der Waals surface area contributed by atoms with Gasteiger partial charge in [-0.05, 0) is 37.0 Å². The summed E-state index contributed by atoms with van der Waals surface area (Å²) in [6, 6.07) is 7.49. The average Bonchev–Trinajstić information content (AvgIpc) is 3.16. The molecule has 0 radical (unpaired) electrons. The fourth-order valence-corrected chi connectivity index (χ4v) is 5.17. The first-order valence-electron chi connectivity index (χ1n) is 8.81. The van der Waals surface area contributed by atoms with Crippen molar-refractivity contribution in [2.45, 2.75) is 24.2 Å². The number of nitro groups is 1.